The molecule has 1 aliphatic rings. The van der Waals surface area contributed by atoms with Crippen LogP contribution in [-0.2, 0) is 16.6 Å². The molecule has 2 unspecified atom stereocenters. The Bertz CT molecular complexity index is 586. The van der Waals surface area contributed by atoms with Gasteiger partial charge in [0.25, 0.3) is 0 Å². The standard InChI is InChI=1S/C14H23BrN2O2S2/c1-4-11-7-6-10(3)17(11)21(18,19)13-8-12(9-16-5-2)20-14(13)15/h8,10-11,16H,4-7,9H2,1-3H3. The third kappa shape index (κ3) is 3.52. The Balaban J connectivity index is 2.33. The van der Waals surface area contributed by atoms with Crippen molar-refractivity contribution in [1.82, 2.24) is 9.62 Å². The van der Waals surface area contributed by atoms with Crippen LogP contribution in [0.3, 0.4) is 0 Å². The van der Waals surface area contributed by atoms with Crippen molar-refractivity contribution in [2.75, 3.05) is 6.54 Å². The van der Waals surface area contributed by atoms with E-state index in [2.05, 4.69) is 28.2 Å². The van der Waals surface area contributed by atoms with Crippen molar-refractivity contribution in [3.63, 3.8) is 0 Å². The molecule has 0 amide bonds. The van der Waals surface area contributed by atoms with E-state index in [4.69, 9.17) is 0 Å². The van der Waals surface area contributed by atoms with Crippen LogP contribution in [0.15, 0.2) is 14.7 Å². The molecule has 0 spiro atoms. The third-order valence-electron chi connectivity index (χ3n) is 3.99. The Labute approximate surface area is 140 Å². The molecule has 2 atom stereocenters. The first-order valence-electron chi connectivity index (χ1n) is 7.44. The molecule has 1 saturated heterocycles. The molecule has 0 saturated carbocycles. The van der Waals surface area contributed by atoms with Crippen molar-refractivity contribution in [3.8, 4) is 0 Å². The minimum absolute atomic E-state index is 0.0870. The molecule has 0 aromatic carbocycles. The van der Waals surface area contributed by atoms with E-state index in [1.165, 1.54) is 11.3 Å². The number of rotatable bonds is 6. The summed E-state index contributed by atoms with van der Waals surface area (Å²) in [7, 11) is -3.41. The van der Waals surface area contributed by atoms with E-state index in [-0.39, 0.29) is 12.1 Å². The van der Waals surface area contributed by atoms with Crippen molar-refractivity contribution in [1.29, 1.82) is 0 Å². The first-order valence-corrected chi connectivity index (χ1v) is 10.5. The van der Waals surface area contributed by atoms with Gasteiger partial charge >= 0.3 is 0 Å². The zero-order chi connectivity index (χ0) is 15.6. The monoisotopic (exact) mass is 394 g/mol. The van der Waals surface area contributed by atoms with Crippen molar-refractivity contribution in [2.24, 2.45) is 0 Å². The van der Waals surface area contributed by atoms with Crippen LogP contribution in [0.1, 0.15) is 44.9 Å². The summed E-state index contributed by atoms with van der Waals surface area (Å²) in [6.07, 6.45) is 2.78. The minimum atomic E-state index is -3.41. The number of thiophene rings is 1. The molecular weight excluding hydrogens is 372 g/mol. The lowest BCUT2D eigenvalue weighted by Gasteiger charge is -2.26. The quantitative estimate of drug-likeness (QED) is 0.801. The second kappa shape index (κ2) is 7.08. The normalized spacial score (nSPS) is 23.8. The van der Waals surface area contributed by atoms with Crippen LogP contribution in [0, 0.1) is 0 Å². The van der Waals surface area contributed by atoms with Crippen LogP contribution in [0.2, 0.25) is 0 Å². The van der Waals surface area contributed by atoms with Gasteiger partial charge in [0, 0.05) is 23.5 Å². The first kappa shape index (κ1) is 17.4. The van der Waals surface area contributed by atoms with E-state index in [0.29, 0.717) is 15.2 Å². The zero-order valence-corrected chi connectivity index (χ0v) is 15.9. The fourth-order valence-corrected chi connectivity index (χ4v) is 7.44. The molecule has 21 heavy (non-hydrogen) atoms. The van der Waals surface area contributed by atoms with Gasteiger partial charge in [0.15, 0.2) is 0 Å². The number of sulfonamides is 1. The molecular formula is C14H23BrN2O2S2. The van der Waals surface area contributed by atoms with Gasteiger partial charge in [0.1, 0.15) is 4.90 Å². The number of halogens is 1. The van der Waals surface area contributed by atoms with E-state index in [1.54, 1.807) is 4.31 Å². The molecule has 0 aliphatic carbocycles. The molecule has 1 aliphatic heterocycles. The van der Waals surface area contributed by atoms with Gasteiger partial charge in [-0.3, -0.25) is 0 Å². The van der Waals surface area contributed by atoms with Gasteiger partial charge in [-0.2, -0.15) is 4.31 Å². The molecule has 1 aromatic heterocycles. The van der Waals surface area contributed by atoms with Crippen LogP contribution in [0.5, 0.6) is 0 Å². The SMILES string of the molecule is CCNCc1cc(S(=O)(=O)N2C(C)CCC2CC)c(Br)s1. The van der Waals surface area contributed by atoms with Crippen LogP contribution >= 0.6 is 27.3 Å². The molecule has 0 radical (unpaired) electrons. The maximum atomic E-state index is 13.0. The lowest BCUT2D eigenvalue weighted by atomic mass is 10.2. The van der Waals surface area contributed by atoms with Gasteiger partial charge in [-0.1, -0.05) is 13.8 Å². The summed E-state index contributed by atoms with van der Waals surface area (Å²) in [5, 5.41) is 3.24. The molecule has 1 fully saturated rings. The van der Waals surface area contributed by atoms with Crippen molar-refractivity contribution >= 4 is 37.3 Å². The number of nitrogens with zero attached hydrogens (tertiary/aromatic N) is 1. The Hall–Kier alpha value is 0.0500. The molecule has 0 bridgehead atoms. The van der Waals surface area contributed by atoms with Gasteiger partial charge in [0.05, 0.1) is 3.79 Å². The van der Waals surface area contributed by atoms with E-state index >= 15 is 0 Å². The summed E-state index contributed by atoms with van der Waals surface area (Å²) in [4.78, 5) is 1.47. The second-order valence-corrected chi connectivity index (χ2v) is 9.72. The summed E-state index contributed by atoms with van der Waals surface area (Å²) in [6, 6.07) is 2.03. The zero-order valence-electron chi connectivity index (χ0n) is 12.7. The predicted molar refractivity (Wildman–Crippen MR) is 91.2 cm³/mol. The fourth-order valence-electron chi connectivity index (χ4n) is 2.89. The highest BCUT2D eigenvalue weighted by Crippen LogP contribution is 2.38. The van der Waals surface area contributed by atoms with E-state index in [9.17, 15) is 8.42 Å². The van der Waals surface area contributed by atoms with Crippen molar-refractivity contribution < 1.29 is 8.42 Å². The largest absolute Gasteiger partial charge is 0.312 e. The summed E-state index contributed by atoms with van der Waals surface area (Å²) in [5.41, 5.74) is 0. The van der Waals surface area contributed by atoms with E-state index in [1.807, 2.05) is 19.9 Å². The lowest BCUT2D eigenvalue weighted by molar-refractivity contribution is 0.328. The summed E-state index contributed by atoms with van der Waals surface area (Å²) in [6.45, 7) is 7.69. The second-order valence-electron chi connectivity index (χ2n) is 5.45. The van der Waals surface area contributed by atoms with Crippen LogP contribution < -0.4 is 5.32 Å². The number of hydrogen-bond acceptors (Lipinski definition) is 4. The maximum Gasteiger partial charge on any atom is 0.245 e. The summed E-state index contributed by atoms with van der Waals surface area (Å²) in [5.74, 6) is 0. The first-order chi connectivity index (χ1) is 9.91. The van der Waals surface area contributed by atoms with Crippen LogP contribution in [0.25, 0.3) is 0 Å². The Morgan fingerprint density at radius 2 is 2.14 bits per heavy atom. The Morgan fingerprint density at radius 3 is 2.76 bits per heavy atom. The van der Waals surface area contributed by atoms with Gasteiger partial charge in [-0.25, -0.2) is 8.42 Å². The number of nitrogens with one attached hydrogen (secondary N) is 1. The number of hydrogen-bond donors (Lipinski definition) is 1. The van der Waals surface area contributed by atoms with Gasteiger partial charge in [0.2, 0.25) is 10.0 Å². The van der Waals surface area contributed by atoms with E-state index < -0.39 is 10.0 Å². The van der Waals surface area contributed by atoms with Gasteiger partial charge in [-0.05, 0) is 54.7 Å². The highest BCUT2D eigenvalue weighted by atomic mass is 79.9. The molecule has 4 nitrogen and oxygen atoms in total. The van der Waals surface area contributed by atoms with Gasteiger partial charge < -0.3 is 5.32 Å². The topological polar surface area (TPSA) is 49.4 Å². The Kier molecular flexibility index (Phi) is 5.87. The average Bonchev–Trinajstić information content (AvgIpc) is 3.00. The highest BCUT2D eigenvalue weighted by molar-refractivity contribution is 9.11. The van der Waals surface area contributed by atoms with Crippen molar-refractivity contribution in [3.05, 3.63) is 14.7 Å². The van der Waals surface area contributed by atoms with E-state index in [0.717, 1.165) is 30.7 Å². The Morgan fingerprint density at radius 1 is 1.43 bits per heavy atom. The highest BCUT2D eigenvalue weighted by Gasteiger charge is 2.40. The minimum Gasteiger partial charge on any atom is -0.312 e. The summed E-state index contributed by atoms with van der Waals surface area (Å²) >= 11 is 4.94. The molecule has 1 aromatic rings. The maximum absolute atomic E-state index is 13.0. The third-order valence-corrected chi connectivity index (χ3v) is 8.31. The smallest absolute Gasteiger partial charge is 0.245 e. The molecule has 2 rings (SSSR count). The fraction of sp³-hybridized carbons (Fsp3) is 0.714. The average molecular weight is 395 g/mol. The molecule has 1 N–H and O–H groups in total. The van der Waals surface area contributed by atoms with Crippen LogP contribution in [0.4, 0.5) is 0 Å². The van der Waals surface area contributed by atoms with Crippen molar-refractivity contribution in [2.45, 2.75) is 63.6 Å². The molecule has 120 valence electrons. The molecule has 7 heteroatoms. The lowest BCUT2D eigenvalue weighted by Crippen LogP contribution is -2.39. The van der Waals surface area contributed by atoms with Gasteiger partial charge in [-0.15, -0.1) is 11.3 Å². The van der Waals surface area contributed by atoms with Crippen LogP contribution in [-0.4, -0.2) is 31.4 Å². The molecule has 2 heterocycles. The predicted octanol–water partition coefficient (Wildman–Crippen LogP) is 3.57. The summed E-state index contributed by atoms with van der Waals surface area (Å²) < 4.78 is 28.4.